The van der Waals surface area contributed by atoms with Crippen LogP contribution < -0.4 is 24.7 Å². The minimum absolute atomic E-state index is 0.102. The van der Waals surface area contributed by atoms with Gasteiger partial charge in [-0.1, -0.05) is 0 Å². The largest absolute Gasteiger partial charge is 0.493 e. The van der Waals surface area contributed by atoms with Crippen molar-refractivity contribution in [3.63, 3.8) is 0 Å². The lowest BCUT2D eigenvalue weighted by Crippen LogP contribution is -2.26. The monoisotopic (exact) mass is 288 g/mol. The topological polar surface area (TPSA) is 99.9 Å². The lowest BCUT2D eigenvalue weighted by Gasteiger charge is -2.09. The third-order valence-corrected chi connectivity index (χ3v) is 3.38. The third kappa shape index (κ3) is 3.72. The van der Waals surface area contributed by atoms with E-state index in [1.807, 2.05) is 12.1 Å². The summed E-state index contributed by atoms with van der Waals surface area (Å²) in [6, 6.07) is 3.65. The summed E-state index contributed by atoms with van der Waals surface area (Å²) in [4.78, 5) is 0. The number of fused-ring (bicyclic) bond motifs is 1. The summed E-state index contributed by atoms with van der Waals surface area (Å²) < 4.78 is 37.3. The lowest BCUT2D eigenvalue weighted by atomic mass is 10.2. The Balaban J connectivity index is 1.98. The van der Waals surface area contributed by atoms with Crippen molar-refractivity contribution in [1.29, 1.82) is 0 Å². The SMILES string of the molecule is COc1cc(CNCCS(N)(=O)=O)cc2c1OCO2. The van der Waals surface area contributed by atoms with Crippen LogP contribution in [0.1, 0.15) is 5.56 Å². The molecule has 1 aromatic rings. The van der Waals surface area contributed by atoms with E-state index in [2.05, 4.69) is 5.32 Å². The molecule has 7 nitrogen and oxygen atoms in total. The summed E-state index contributed by atoms with van der Waals surface area (Å²) in [6.07, 6.45) is 0. The minimum atomic E-state index is -3.43. The van der Waals surface area contributed by atoms with Crippen LogP contribution in [0.15, 0.2) is 12.1 Å². The first-order valence-electron chi connectivity index (χ1n) is 5.67. The van der Waals surface area contributed by atoms with Crippen LogP contribution in [0.25, 0.3) is 0 Å². The zero-order chi connectivity index (χ0) is 13.9. The molecule has 1 aliphatic heterocycles. The van der Waals surface area contributed by atoms with Crippen LogP contribution in [0.4, 0.5) is 0 Å². The molecule has 0 saturated heterocycles. The Labute approximate surface area is 111 Å². The molecule has 0 radical (unpaired) electrons. The van der Waals surface area contributed by atoms with E-state index in [0.717, 1.165) is 5.56 Å². The average molecular weight is 288 g/mol. The molecule has 0 amide bonds. The number of hydrogen-bond donors (Lipinski definition) is 2. The van der Waals surface area contributed by atoms with Crippen LogP contribution in [-0.4, -0.2) is 34.6 Å². The highest BCUT2D eigenvalue weighted by molar-refractivity contribution is 7.89. The van der Waals surface area contributed by atoms with E-state index in [1.54, 1.807) is 7.11 Å². The van der Waals surface area contributed by atoms with Gasteiger partial charge >= 0.3 is 0 Å². The molecule has 0 unspecified atom stereocenters. The number of ether oxygens (including phenoxy) is 3. The molecule has 1 aromatic carbocycles. The Morgan fingerprint density at radius 2 is 2.21 bits per heavy atom. The van der Waals surface area contributed by atoms with Gasteiger partial charge in [-0.2, -0.15) is 0 Å². The van der Waals surface area contributed by atoms with Crippen molar-refractivity contribution in [2.45, 2.75) is 6.54 Å². The maximum absolute atomic E-state index is 10.8. The van der Waals surface area contributed by atoms with Crippen LogP contribution in [-0.2, 0) is 16.6 Å². The average Bonchev–Trinajstić information content (AvgIpc) is 2.80. The van der Waals surface area contributed by atoms with Crippen molar-refractivity contribution in [2.75, 3.05) is 26.2 Å². The second kappa shape index (κ2) is 5.64. The number of nitrogens with two attached hydrogens (primary N) is 1. The molecular formula is C11H16N2O5S. The zero-order valence-electron chi connectivity index (χ0n) is 10.5. The van der Waals surface area contributed by atoms with Crippen LogP contribution in [0.2, 0.25) is 0 Å². The fourth-order valence-electron chi connectivity index (χ4n) is 1.73. The van der Waals surface area contributed by atoms with Gasteiger partial charge in [0.15, 0.2) is 11.5 Å². The molecule has 1 aliphatic rings. The van der Waals surface area contributed by atoms with Crippen LogP contribution in [0.5, 0.6) is 17.2 Å². The normalized spacial score (nSPS) is 13.6. The van der Waals surface area contributed by atoms with E-state index in [0.29, 0.717) is 23.8 Å². The van der Waals surface area contributed by atoms with E-state index in [1.165, 1.54) is 0 Å². The number of rotatable bonds is 6. The maximum atomic E-state index is 10.8. The Hall–Kier alpha value is -1.51. The molecular weight excluding hydrogens is 272 g/mol. The second-order valence-electron chi connectivity index (χ2n) is 4.08. The van der Waals surface area contributed by atoms with Gasteiger partial charge in [0.1, 0.15) is 0 Å². The summed E-state index contributed by atoms with van der Waals surface area (Å²) in [5.41, 5.74) is 0.913. The molecule has 0 spiro atoms. The Bertz CT molecular complexity index is 558. The van der Waals surface area contributed by atoms with Gasteiger partial charge in [-0.05, 0) is 17.7 Å². The zero-order valence-corrected chi connectivity index (χ0v) is 11.3. The molecule has 1 heterocycles. The van der Waals surface area contributed by atoms with Crippen molar-refractivity contribution in [3.05, 3.63) is 17.7 Å². The molecule has 106 valence electrons. The van der Waals surface area contributed by atoms with Crippen LogP contribution in [0.3, 0.4) is 0 Å². The molecule has 0 atom stereocenters. The molecule has 2 rings (SSSR count). The van der Waals surface area contributed by atoms with Crippen molar-refractivity contribution in [2.24, 2.45) is 5.14 Å². The number of benzene rings is 1. The highest BCUT2D eigenvalue weighted by Gasteiger charge is 2.19. The first kappa shape index (κ1) is 13.9. The minimum Gasteiger partial charge on any atom is -0.493 e. The van der Waals surface area contributed by atoms with Gasteiger partial charge in [0, 0.05) is 13.1 Å². The first-order chi connectivity index (χ1) is 8.99. The molecule has 0 aliphatic carbocycles. The standard InChI is InChI=1S/C11H16N2O5S/c1-16-9-4-8(5-10-11(9)18-7-17-10)6-13-2-3-19(12,14)15/h4-5,13H,2-3,6-7H2,1H3,(H2,12,14,15). The van der Waals surface area contributed by atoms with Crippen molar-refractivity contribution in [1.82, 2.24) is 5.32 Å². The van der Waals surface area contributed by atoms with Crippen molar-refractivity contribution in [3.8, 4) is 17.2 Å². The summed E-state index contributed by atoms with van der Waals surface area (Å²) in [5.74, 6) is 1.71. The molecule has 0 fully saturated rings. The number of sulfonamides is 1. The number of nitrogens with one attached hydrogen (secondary N) is 1. The van der Waals surface area contributed by atoms with Crippen LogP contribution in [0, 0.1) is 0 Å². The predicted molar refractivity (Wildman–Crippen MR) is 68.8 cm³/mol. The van der Waals surface area contributed by atoms with E-state index >= 15 is 0 Å². The molecule has 0 saturated carbocycles. The van der Waals surface area contributed by atoms with Gasteiger partial charge in [-0.15, -0.1) is 0 Å². The van der Waals surface area contributed by atoms with E-state index in [9.17, 15) is 8.42 Å². The first-order valence-corrected chi connectivity index (χ1v) is 7.39. The van der Waals surface area contributed by atoms with Crippen molar-refractivity contribution < 1.29 is 22.6 Å². The van der Waals surface area contributed by atoms with Gasteiger partial charge in [-0.25, -0.2) is 13.6 Å². The lowest BCUT2D eigenvalue weighted by molar-refractivity contribution is 0.171. The molecule has 8 heteroatoms. The smallest absolute Gasteiger partial charge is 0.231 e. The highest BCUT2D eigenvalue weighted by atomic mass is 32.2. The molecule has 0 aromatic heterocycles. The molecule has 3 N–H and O–H groups in total. The van der Waals surface area contributed by atoms with E-state index in [-0.39, 0.29) is 19.1 Å². The summed E-state index contributed by atoms with van der Waals surface area (Å²) in [6.45, 7) is 0.950. The number of hydrogen-bond acceptors (Lipinski definition) is 6. The maximum Gasteiger partial charge on any atom is 0.231 e. The quantitative estimate of drug-likeness (QED) is 0.703. The van der Waals surface area contributed by atoms with Crippen molar-refractivity contribution >= 4 is 10.0 Å². The molecule has 19 heavy (non-hydrogen) atoms. The third-order valence-electron chi connectivity index (χ3n) is 2.61. The predicted octanol–water partition coefficient (Wildman–Crippen LogP) is -0.198. The summed E-state index contributed by atoms with van der Waals surface area (Å²) >= 11 is 0. The summed E-state index contributed by atoms with van der Waals surface area (Å²) in [5, 5.41) is 7.90. The Kier molecular flexibility index (Phi) is 4.13. The summed E-state index contributed by atoms with van der Waals surface area (Å²) in [7, 11) is -1.88. The van der Waals surface area contributed by atoms with Crippen LogP contribution >= 0.6 is 0 Å². The van der Waals surface area contributed by atoms with E-state index in [4.69, 9.17) is 19.3 Å². The van der Waals surface area contributed by atoms with Gasteiger partial charge in [0.25, 0.3) is 0 Å². The number of methoxy groups -OCH3 is 1. The fourth-order valence-corrected chi connectivity index (χ4v) is 2.16. The number of primary sulfonamides is 1. The Morgan fingerprint density at radius 3 is 2.89 bits per heavy atom. The fraction of sp³-hybridized carbons (Fsp3) is 0.455. The van der Waals surface area contributed by atoms with Gasteiger partial charge in [0.05, 0.1) is 12.9 Å². The highest BCUT2D eigenvalue weighted by Crippen LogP contribution is 2.41. The van der Waals surface area contributed by atoms with Gasteiger partial charge in [0.2, 0.25) is 22.6 Å². The Morgan fingerprint density at radius 1 is 1.42 bits per heavy atom. The van der Waals surface area contributed by atoms with Gasteiger partial charge < -0.3 is 19.5 Å². The van der Waals surface area contributed by atoms with Gasteiger partial charge in [-0.3, -0.25) is 0 Å². The second-order valence-corrected chi connectivity index (χ2v) is 5.81. The molecule has 0 bridgehead atoms. The van der Waals surface area contributed by atoms with E-state index < -0.39 is 10.0 Å².